The molecule has 0 aliphatic carbocycles. The standard InChI is InChI=1S/C17H17F3O2/c1-2-11-22-15-9-7-13(8-10-15)12-3-5-14(6-4-12)16(21)17(18,19)20/h3-10,16,21H,2,11H2,1H3. The van der Waals surface area contributed by atoms with Gasteiger partial charge in [0.05, 0.1) is 6.61 Å². The smallest absolute Gasteiger partial charge is 0.418 e. The molecule has 0 aliphatic rings. The Hall–Kier alpha value is -2.01. The molecule has 0 aliphatic heterocycles. The molecule has 0 saturated carbocycles. The quantitative estimate of drug-likeness (QED) is 0.864. The fourth-order valence-electron chi connectivity index (χ4n) is 2.01. The number of aliphatic hydroxyl groups excluding tert-OH is 1. The lowest BCUT2D eigenvalue weighted by Crippen LogP contribution is -2.19. The van der Waals surface area contributed by atoms with E-state index < -0.39 is 12.3 Å². The van der Waals surface area contributed by atoms with Crippen LogP contribution in [-0.2, 0) is 0 Å². The second-order valence-electron chi connectivity index (χ2n) is 4.94. The van der Waals surface area contributed by atoms with E-state index in [4.69, 9.17) is 4.74 Å². The van der Waals surface area contributed by atoms with E-state index in [-0.39, 0.29) is 5.56 Å². The number of hydrogen-bond acceptors (Lipinski definition) is 2. The van der Waals surface area contributed by atoms with Gasteiger partial charge in [0.25, 0.3) is 0 Å². The lowest BCUT2D eigenvalue weighted by molar-refractivity contribution is -0.206. The fourth-order valence-corrected chi connectivity index (χ4v) is 2.01. The van der Waals surface area contributed by atoms with Gasteiger partial charge in [0.15, 0.2) is 6.10 Å². The van der Waals surface area contributed by atoms with Crippen molar-refractivity contribution in [2.75, 3.05) is 6.61 Å². The summed E-state index contributed by atoms with van der Waals surface area (Å²) in [5, 5.41) is 9.20. The normalized spacial score (nSPS) is 13.0. The van der Waals surface area contributed by atoms with E-state index in [9.17, 15) is 18.3 Å². The van der Waals surface area contributed by atoms with Crippen LogP contribution in [0.2, 0.25) is 0 Å². The number of hydrogen-bond donors (Lipinski definition) is 1. The topological polar surface area (TPSA) is 29.5 Å². The van der Waals surface area contributed by atoms with Gasteiger partial charge >= 0.3 is 6.18 Å². The largest absolute Gasteiger partial charge is 0.494 e. The van der Waals surface area contributed by atoms with Crippen molar-refractivity contribution >= 4 is 0 Å². The van der Waals surface area contributed by atoms with Crippen molar-refractivity contribution in [1.82, 2.24) is 0 Å². The van der Waals surface area contributed by atoms with Crippen LogP contribution in [0.4, 0.5) is 13.2 Å². The summed E-state index contributed by atoms with van der Waals surface area (Å²) in [6, 6.07) is 13.0. The SMILES string of the molecule is CCCOc1ccc(-c2ccc(C(O)C(F)(F)F)cc2)cc1. The molecule has 0 amide bonds. The lowest BCUT2D eigenvalue weighted by atomic mass is 10.0. The fraction of sp³-hybridized carbons (Fsp3) is 0.294. The van der Waals surface area contributed by atoms with Gasteiger partial charge in [-0.3, -0.25) is 0 Å². The number of benzene rings is 2. The maximum atomic E-state index is 12.4. The van der Waals surface area contributed by atoms with E-state index in [1.807, 2.05) is 31.2 Å². The van der Waals surface area contributed by atoms with E-state index in [1.165, 1.54) is 12.1 Å². The minimum absolute atomic E-state index is 0.167. The molecule has 2 aromatic carbocycles. The highest BCUT2D eigenvalue weighted by molar-refractivity contribution is 5.64. The third-order valence-corrected chi connectivity index (χ3v) is 3.20. The van der Waals surface area contributed by atoms with Crippen molar-refractivity contribution in [3.63, 3.8) is 0 Å². The number of aliphatic hydroxyl groups is 1. The third-order valence-electron chi connectivity index (χ3n) is 3.20. The van der Waals surface area contributed by atoms with Crippen LogP contribution in [0.5, 0.6) is 5.75 Å². The van der Waals surface area contributed by atoms with Gasteiger partial charge in [0.2, 0.25) is 0 Å². The third kappa shape index (κ3) is 4.01. The van der Waals surface area contributed by atoms with Crippen molar-refractivity contribution in [2.45, 2.75) is 25.6 Å². The number of alkyl halides is 3. The molecule has 1 atom stereocenters. The molecular weight excluding hydrogens is 293 g/mol. The Morgan fingerprint density at radius 2 is 1.45 bits per heavy atom. The van der Waals surface area contributed by atoms with Gasteiger partial charge in [0.1, 0.15) is 5.75 Å². The van der Waals surface area contributed by atoms with E-state index in [0.29, 0.717) is 6.61 Å². The Morgan fingerprint density at radius 1 is 0.955 bits per heavy atom. The maximum absolute atomic E-state index is 12.4. The average Bonchev–Trinajstić information content (AvgIpc) is 2.52. The molecule has 0 heterocycles. The first kappa shape index (κ1) is 16.4. The zero-order chi connectivity index (χ0) is 16.2. The van der Waals surface area contributed by atoms with Gasteiger partial charge in [0, 0.05) is 0 Å². The lowest BCUT2D eigenvalue weighted by Gasteiger charge is -2.15. The molecule has 0 aromatic heterocycles. The van der Waals surface area contributed by atoms with Crippen molar-refractivity contribution in [1.29, 1.82) is 0 Å². The highest BCUT2D eigenvalue weighted by Gasteiger charge is 2.39. The molecule has 0 bridgehead atoms. The Morgan fingerprint density at radius 3 is 1.91 bits per heavy atom. The summed E-state index contributed by atoms with van der Waals surface area (Å²) < 4.78 is 42.8. The highest BCUT2D eigenvalue weighted by atomic mass is 19.4. The second kappa shape index (κ2) is 6.83. The summed E-state index contributed by atoms with van der Waals surface area (Å²) >= 11 is 0. The van der Waals surface area contributed by atoms with Crippen LogP contribution in [-0.4, -0.2) is 17.9 Å². The zero-order valence-corrected chi connectivity index (χ0v) is 12.1. The van der Waals surface area contributed by atoms with E-state index in [1.54, 1.807) is 12.1 Å². The number of rotatable bonds is 5. The molecule has 118 valence electrons. The molecule has 2 nitrogen and oxygen atoms in total. The van der Waals surface area contributed by atoms with Crippen LogP contribution in [0.1, 0.15) is 25.0 Å². The summed E-state index contributed by atoms with van der Waals surface area (Å²) in [5.41, 5.74) is 1.48. The summed E-state index contributed by atoms with van der Waals surface area (Å²) in [6.45, 7) is 2.66. The molecule has 5 heteroatoms. The summed E-state index contributed by atoms with van der Waals surface area (Å²) in [4.78, 5) is 0. The Kier molecular flexibility index (Phi) is 5.08. The van der Waals surface area contributed by atoms with Crippen LogP contribution >= 0.6 is 0 Å². The molecule has 2 rings (SSSR count). The molecule has 0 spiro atoms. The van der Waals surface area contributed by atoms with Crippen LogP contribution in [0.3, 0.4) is 0 Å². The van der Waals surface area contributed by atoms with Crippen molar-refractivity contribution in [3.05, 3.63) is 54.1 Å². The van der Waals surface area contributed by atoms with Gasteiger partial charge in [-0.25, -0.2) is 0 Å². The van der Waals surface area contributed by atoms with Gasteiger partial charge in [-0.05, 0) is 35.2 Å². The minimum atomic E-state index is -4.65. The first-order chi connectivity index (χ1) is 10.4. The van der Waals surface area contributed by atoms with Gasteiger partial charge in [-0.15, -0.1) is 0 Å². The Bertz CT molecular complexity index is 589. The molecular formula is C17H17F3O2. The van der Waals surface area contributed by atoms with Gasteiger partial charge < -0.3 is 9.84 Å². The number of halogens is 3. The predicted molar refractivity (Wildman–Crippen MR) is 78.7 cm³/mol. The van der Waals surface area contributed by atoms with Gasteiger partial charge in [-0.2, -0.15) is 13.2 Å². The maximum Gasteiger partial charge on any atom is 0.418 e. The molecule has 1 unspecified atom stereocenters. The van der Waals surface area contributed by atoms with Crippen molar-refractivity contribution < 1.29 is 23.0 Å². The van der Waals surface area contributed by atoms with E-state index in [0.717, 1.165) is 23.3 Å². The molecule has 2 aromatic rings. The van der Waals surface area contributed by atoms with Crippen LogP contribution in [0.15, 0.2) is 48.5 Å². The first-order valence-electron chi connectivity index (χ1n) is 7.00. The van der Waals surface area contributed by atoms with E-state index >= 15 is 0 Å². The average molecular weight is 310 g/mol. The number of ether oxygens (including phenoxy) is 1. The Labute approximate surface area is 127 Å². The minimum Gasteiger partial charge on any atom is -0.494 e. The molecule has 0 fully saturated rings. The van der Waals surface area contributed by atoms with Crippen LogP contribution in [0, 0.1) is 0 Å². The molecule has 0 saturated heterocycles. The van der Waals surface area contributed by atoms with Crippen molar-refractivity contribution in [3.8, 4) is 16.9 Å². The zero-order valence-electron chi connectivity index (χ0n) is 12.1. The monoisotopic (exact) mass is 310 g/mol. The van der Waals surface area contributed by atoms with Crippen LogP contribution < -0.4 is 4.74 Å². The van der Waals surface area contributed by atoms with Gasteiger partial charge in [-0.1, -0.05) is 43.3 Å². The first-order valence-corrected chi connectivity index (χ1v) is 7.00. The molecule has 1 N–H and O–H groups in total. The molecule has 0 radical (unpaired) electrons. The van der Waals surface area contributed by atoms with Crippen molar-refractivity contribution in [2.24, 2.45) is 0 Å². The predicted octanol–water partition coefficient (Wildman–Crippen LogP) is 4.74. The van der Waals surface area contributed by atoms with Crippen LogP contribution in [0.25, 0.3) is 11.1 Å². The summed E-state index contributed by atoms with van der Waals surface area (Å²) in [6.07, 6.45) is -6.18. The second-order valence-corrected chi connectivity index (χ2v) is 4.94. The Balaban J connectivity index is 2.13. The summed E-state index contributed by atoms with van der Waals surface area (Å²) in [5.74, 6) is 0.759. The highest BCUT2D eigenvalue weighted by Crippen LogP contribution is 2.33. The molecule has 22 heavy (non-hydrogen) atoms. The van der Waals surface area contributed by atoms with E-state index in [2.05, 4.69) is 0 Å². The summed E-state index contributed by atoms with van der Waals surface area (Å²) in [7, 11) is 0.